The van der Waals surface area contributed by atoms with E-state index in [1.54, 1.807) is 18.3 Å². The molecule has 25 heavy (non-hydrogen) atoms. The van der Waals surface area contributed by atoms with E-state index in [-0.39, 0.29) is 0 Å². The van der Waals surface area contributed by atoms with Crippen LogP contribution in [0.4, 0.5) is 5.69 Å². The van der Waals surface area contributed by atoms with Crippen molar-refractivity contribution in [1.29, 1.82) is 5.26 Å². The summed E-state index contributed by atoms with van der Waals surface area (Å²) in [6.07, 6.45) is 1.68. The molecular weight excluding hydrogens is 373 g/mol. The van der Waals surface area contributed by atoms with Crippen molar-refractivity contribution in [3.8, 4) is 17.3 Å². The zero-order valence-electron chi connectivity index (χ0n) is 13.3. The van der Waals surface area contributed by atoms with Crippen molar-refractivity contribution in [1.82, 2.24) is 4.98 Å². The molecule has 124 valence electrons. The van der Waals surface area contributed by atoms with Gasteiger partial charge < -0.3 is 5.32 Å². The first-order chi connectivity index (χ1) is 12.1. The molecule has 0 aliphatic carbocycles. The summed E-state index contributed by atoms with van der Waals surface area (Å²) in [5.41, 5.74) is 4.03. The van der Waals surface area contributed by atoms with Crippen LogP contribution in [0.2, 0.25) is 10.0 Å². The summed E-state index contributed by atoms with van der Waals surface area (Å²) in [6.45, 7) is 2.01. The third-order valence-electron chi connectivity index (χ3n) is 3.58. The minimum atomic E-state index is 0.463. The fourth-order valence-corrected chi connectivity index (χ4v) is 3.54. The van der Waals surface area contributed by atoms with Crippen LogP contribution in [0.25, 0.3) is 16.8 Å². The summed E-state index contributed by atoms with van der Waals surface area (Å²) in [6, 6.07) is 15.3. The Labute approximate surface area is 160 Å². The molecule has 0 bridgehead atoms. The number of rotatable bonds is 4. The topological polar surface area (TPSA) is 48.7 Å². The molecule has 0 radical (unpaired) electrons. The Bertz CT molecular complexity index is 986. The van der Waals surface area contributed by atoms with Crippen molar-refractivity contribution in [2.24, 2.45) is 0 Å². The second-order valence-electron chi connectivity index (χ2n) is 5.29. The molecule has 2 aromatic carbocycles. The molecule has 0 fully saturated rings. The lowest BCUT2D eigenvalue weighted by Crippen LogP contribution is -1.93. The predicted octanol–water partition coefficient (Wildman–Crippen LogP) is 6.40. The molecule has 0 unspecified atom stereocenters. The van der Waals surface area contributed by atoms with Crippen LogP contribution in [0.1, 0.15) is 10.6 Å². The van der Waals surface area contributed by atoms with Crippen LogP contribution in [0, 0.1) is 18.3 Å². The van der Waals surface area contributed by atoms with Crippen LogP contribution in [0.15, 0.2) is 54.0 Å². The number of para-hydroxylation sites is 1. The number of thiazole rings is 1. The number of allylic oxidation sites excluding steroid dienone is 1. The van der Waals surface area contributed by atoms with Gasteiger partial charge in [0.1, 0.15) is 16.6 Å². The van der Waals surface area contributed by atoms with E-state index in [1.807, 2.05) is 42.6 Å². The molecular formula is C19H13Cl2N3S. The number of nitrogens with one attached hydrogen (secondary N) is 1. The van der Waals surface area contributed by atoms with Crippen molar-refractivity contribution in [2.75, 3.05) is 5.32 Å². The summed E-state index contributed by atoms with van der Waals surface area (Å²) in [7, 11) is 0. The Balaban J connectivity index is 1.88. The number of anilines is 1. The van der Waals surface area contributed by atoms with Gasteiger partial charge in [0.15, 0.2) is 0 Å². The Morgan fingerprint density at radius 1 is 1.24 bits per heavy atom. The summed E-state index contributed by atoms with van der Waals surface area (Å²) in [5, 5.41) is 16.2. The summed E-state index contributed by atoms with van der Waals surface area (Å²) in [5.74, 6) is 0. The lowest BCUT2D eigenvalue weighted by molar-refractivity contribution is 1.36. The van der Waals surface area contributed by atoms with Crippen LogP contribution >= 0.6 is 34.5 Å². The van der Waals surface area contributed by atoms with E-state index >= 15 is 0 Å². The first-order valence-electron chi connectivity index (χ1n) is 7.42. The third-order valence-corrected chi connectivity index (χ3v) is 5.00. The van der Waals surface area contributed by atoms with Gasteiger partial charge in [-0.2, -0.15) is 5.26 Å². The molecule has 1 N–H and O–H groups in total. The number of benzene rings is 2. The van der Waals surface area contributed by atoms with Crippen molar-refractivity contribution in [3.63, 3.8) is 0 Å². The Morgan fingerprint density at radius 2 is 2.04 bits per heavy atom. The third kappa shape index (κ3) is 4.02. The van der Waals surface area contributed by atoms with E-state index in [2.05, 4.69) is 16.4 Å². The minimum absolute atomic E-state index is 0.463. The highest BCUT2D eigenvalue weighted by Crippen LogP contribution is 2.32. The molecule has 0 aliphatic rings. The van der Waals surface area contributed by atoms with Gasteiger partial charge in [0.2, 0.25) is 0 Å². The van der Waals surface area contributed by atoms with E-state index in [4.69, 9.17) is 23.2 Å². The summed E-state index contributed by atoms with van der Waals surface area (Å²) < 4.78 is 0. The zero-order chi connectivity index (χ0) is 17.8. The molecule has 6 heteroatoms. The lowest BCUT2D eigenvalue weighted by atomic mass is 10.2. The number of halogens is 2. The first-order valence-corrected chi connectivity index (χ1v) is 9.06. The normalized spacial score (nSPS) is 11.2. The average Bonchev–Trinajstić information content (AvgIpc) is 3.06. The zero-order valence-corrected chi connectivity index (χ0v) is 15.6. The number of nitriles is 1. The number of aromatic nitrogens is 1. The smallest absolute Gasteiger partial charge is 0.136 e. The minimum Gasteiger partial charge on any atom is -0.360 e. The second kappa shape index (κ2) is 7.71. The fourth-order valence-electron chi connectivity index (χ4n) is 2.24. The molecule has 0 atom stereocenters. The van der Waals surface area contributed by atoms with Crippen LogP contribution in [0.3, 0.4) is 0 Å². The number of hydrogen-bond acceptors (Lipinski definition) is 4. The molecule has 0 spiro atoms. The van der Waals surface area contributed by atoms with Crippen molar-refractivity contribution in [3.05, 3.63) is 74.7 Å². The van der Waals surface area contributed by atoms with Gasteiger partial charge in [0.05, 0.1) is 10.7 Å². The highest BCUT2D eigenvalue weighted by molar-refractivity contribution is 7.11. The van der Waals surface area contributed by atoms with Gasteiger partial charge in [0, 0.05) is 27.9 Å². The fraction of sp³-hybridized carbons (Fsp3) is 0.0526. The monoisotopic (exact) mass is 385 g/mol. The van der Waals surface area contributed by atoms with E-state index in [0.717, 1.165) is 22.5 Å². The van der Waals surface area contributed by atoms with Gasteiger partial charge in [0.25, 0.3) is 0 Å². The molecule has 0 saturated carbocycles. The molecule has 1 heterocycles. The highest BCUT2D eigenvalue weighted by atomic mass is 35.5. The summed E-state index contributed by atoms with van der Waals surface area (Å²) in [4.78, 5) is 4.54. The van der Waals surface area contributed by atoms with E-state index in [0.29, 0.717) is 20.6 Å². The lowest BCUT2D eigenvalue weighted by Gasteiger charge is -2.04. The van der Waals surface area contributed by atoms with Crippen molar-refractivity contribution >= 4 is 45.8 Å². The molecule has 3 nitrogen and oxygen atoms in total. The average molecular weight is 386 g/mol. The van der Waals surface area contributed by atoms with E-state index < -0.39 is 0 Å². The van der Waals surface area contributed by atoms with Gasteiger partial charge in [-0.15, -0.1) is 11.3 Å². The molecule has 0 aliphatic heterocycles. The molecule has 0 saturated heterocycles. The SMILES string of the molecule is Cc1ccccc1NC=C(C#N)c1nc(-c2ccc(Cl)cc2Cl)cs1. The van der Waals surface area contributed by atoms with E-state index in [9.17, 15) is 5.26 Å². The first kappa shape index (κ1) is 17.5. The Hall–Kier alpha value is -2.32. The molecule has 3 rings (SSSR count). The maximum Gasteiger partial charge on any atom is 0.136 e. The van der Waals surface area contributed by atoms with Gasteiger partial charge in [-0.1, -0.05) is 41.4 Å². The Kier molecular flexibility index (Phi) is 5.40. The van der Waals surface area contributed by atoms with Crippen molar-refractivity contribution in [2.45, 2.75) is 6.92 Å². The maximum absolute atomic E-state index is 9.46. The molecule has 1 aromatic heterocycles. The largest absolute Gasteiger partial charge is 0.360 e. The molecule has 0 amide bonds. The van der Waals surface area contributed by atoms with Gasteiger partial charge in [-0.3, -0.25) is 0 Å². The van der Waals surface area contributed by atoms with Gasteiger partial charge in [-0.05, 0) is 36.8 Å². The van der Waals surface area contributed by atoms with Crippen LogP contribution < -0.4 is 5.32 Å². The number of aryl methyl sites for hydroxylation is 1. The van der Waals surface area contributed by atoms with Crippen molar-refractivity contribution < 1.29 is 0 Å². The van der Waals surface area contributed by atoms with Crippen LogP contribution in [-0.2, 0) is 0 Å². The predicted molar refractivity (Wildman–Crippen MR) is 106 cm³/mol. The van der Waals surface area contributed by atoms with E-state index in [1.165, 1.54) is 11.3 Å². The molecule has 3 aromatic rings. The quantitative estimate of drug-likeness (QED) is 0.528. The van der Waals surface area contributed by atoms with Gasteiger partial charge >= 0.3 is 0 Å². The van der Waals surface area contributed by atoms with Gasteiger partial charge in [-0.25, -0.2) is 4.98 Å². The highest BCUT2D eigenvalue weighted by Gasteiger charge is 2.11. The number of nitrogens with zero attached hydrogens (tertiary/aromatic N) is 2. The van der Waals surface area contributed by atoms with Crippen LogP contribution in [0.5, 0.6) is 0 Å². The number of hydrogen-bond donors (Lipinski definition) is 1. The Morgan fingerprint density at radius 3 is 2.76 bits per heavy atom. The maximum atomic E-state index is 9.46. The second-order valence-corrected chi connectivity index (χ2v) is 6.99. The summed E-state index contributed by atoms with van der Waals surface area (Å²) >= 11 is 13.6. The van der Waals surface area contributed by atoms with Crippen LogP contribution in [-0.4, -0.2) is 4.98 Å². The standard InChI is InChI=1S/C19H13Cl2N3S/c1-12-4-2-3-5-17(12)23-10-13(9-22)19-24-18(11-25-19)15-7-6-14(20)8-16(15)21/h2-8,10-11,23H,1H3.